The number of aromatic hydroxyl groups is 1. The zero-order valence-electron chi connectivity index (χ0n) is 17.4. The molecule has 2 rings (SSSR count). The van der Waals surface area contributed by atoms with Crippen molar-refractivity contribution in [3.8, 4) is 28.7 Å². The Morgan fingerprint density at radius 3 is 1.93 bits per heavy atom. The van der Waals surface area contributed by atoms with E-state index in [0.29, 0.717) is 22.8 Å². The van der Waals surface area contributed by atoms with Crippen LogP contribution in [-0.4, -0.2) is 59.3 Å². The summed E-state index contributed by atoms with van der Waals surface area (Å²) in [5, 5.41) is 10.6. The maximum Gasteiger partial charge on any atom is 0.237 e. The van der Waals surface area contributed by atoms with Gasteiger partial charge in [-0.05, 0) is 29.8 Å². The van der Waals surface area contributed by atoms with Gasteiger partial charge in [0.15, 0.2) is 23.0 Å². The highest BCUT2D eigenvalue weighted by atomic mass is 16.7. The number of hydrogen-bond acceptors (Lipinski definition) is 8. The molecule has 8 nitrogen and oxygen atoms in total. The molecule has 0 aliphatic heterocycles. The molecule has 29 heavy (non-hydrogen) atoms. The molecule has 0 radical (unpaired) electrons. The van der Waals surface area contributed by atoms with Gasteiger partial charge in [0.1, 0.15) is 0 Å². The first-order chi connectivity index (χ1) is 13.9. The van der Waals surface area contributed by atoms with Gasteiger partial charge in [0.25, 0.3) is 0 Å². The summed E-state index contributed by atoms with van der Waals surface area (Å²) < 4.78 is 31.9. The van der Waals surface area contributed by atoms with Gasteiger partial charge < -0.3 is 33.5 Å². The molecule has 2 aromatic carbocycles. The highest BCUT2D eigenvalue weighted by Gasteiger charge is 2.42. The van der Waals surface area contributed by atoms with Crippen LogP contribution in [0, 0.1) is 0 Å². The number of methoxy groups -OCH3 is 6. The Labute approximate surface area is 169 Å². The van der Waals surface area contributed by atoms with Crippen molar-refractivity contribution in [3.63, 3.8) is 0 Å². The van der Waals surface area contributed by atoms with Crippen LogP contribution < -0.4 is 18.9 Å². The van der Waals surface area contributed by atoms with Crippen LogP contribution in [0.2, 0.25) is 0 Å². The zero-order valence-corrected chi connectivity index (χ0v) is 17.4. The molecule has 0 amide bonds. The molecule has 0 aliphatic carbocycles. The number of carbonyl (C=O) groups excluding carboxylic acids is 1. The first-order valence-corrected chi connectivity index (χ1v) is 8.71. The van der Waals surface area contributed by atoms with Crippen LogP contribution in [0.25, 0.3) is 0 Å². The van der Waals surface area contributed by atoms with Crippen molar-refractivity contribution < 1.29 is 38.3 Å². The Morgan fingerprint density at radius 2 is 1.41 bits per heavy atom. The molecule has 0 heterocycles. The van der Waals surface area contributed by atoms with Gasteiger partial charge >= 0.3 is 0 Å². The van der Waals surface area contributed by atoms with Crippen molar-refractivity contribution >= 4 is 5.78 Å². The van der Waals surface area contributed by atoms with E-state index in [1.54, 1.807) is 18.2 Å². The molecule has 0 fully saturated rings. The molecule has 0 aromatic heterocycles. The van der Waals surface area contributed by atoms with Crippen molar-refractivity contribution in [2.45, 2.75) is 12.2 Å². The standard InChI is InChI=1S/C21H26O8/c1-24-15-9-7-13(11-17(15)26-3)12-21(28-5,29-6)20(23)14-8-10-16(25-2)19(27-4)18(14)22/h7-11,22H,12H2,1-6H3. The number of rotatable bonds is 10. The van der Waals surface area contributed by atoms with E-state index in [-0.39, 0.29) is 23.5 Å². The van der Waals surface area contributed by atoms with Crippen LogP contribution in [0.4, 0.5) is 0 Å². The number of hydrogen-bond donors (Lipinski definition) is 1. The SMILES string of the molecule is COc1ccc(CC(OC)(OC)C(=O)c2ccc(OC)c(OC)c2O)cc1OC. The summed E-state index contributed by atoms with van der Waals surface area (Å²) in [6.45, 7) is 0. The van der Waals surface area contributed by atoms with E-state index in [1.165, 1.54) is 54.8 Å². The van der Waals surface area contributed by atoms with Gasteiger partial charge in [0.05, 0.1) is 34.0 Å². The molecular formula is C21H26O8. The van der Waals surface area contributed by atoms with E-state index < -0.39 is 11.6 Å². The molecule has 1 N–H and O–H groups in total. The monoisotopic (exact) mass is 406 g/mol. The molecule has 0 aliphatic rings. The maximum absolute atomic E-state index is 13.3. The highest BCUT2D eigenvalue weighted by Crippen LogP contribution is 2.41. The Bertz CT molecular complexity index is 858. The van der Waals surface area contributed by atoms with E-state index in [0.717, 1.165) is 0 Å². The number of carbonyl (C=O) groups is 1. The Kier molecular flexibility index (Phi) is 7.30. The van der Waals surface area contributed by atoms with Gasteiger partial charge in [-0.15, -0.1) is 0 Å². The third-order valence-electron chi connectivity index (χ3n) is 4.65. The molecule has 0 spiro atoms. The first kappa shape index (κ1) is 22.3. The average Bonchev–Trinajstić information content (AvgIpc) is 2.76. The van der Waals surface area contributed by atoms with Gasteiger partial charge in [-0.1, -0.05) is 6.07 Å². The smallest absolute Gasteiger partial charge is 0.237 e. The summed E-state index contributed by atoms with van der Waals surface area (Å²) in [7, 11) is 8.59. The average molecular weight is 406 g/mol. The van der Waals surface area contributed by atoms with Gasteiger partial charge in [0.2, 0.25) is 17.3 Å². The second-order valence-electron chi connectivity index (χ2n) is 6.05. The minimum Gasteiger partial charge on any atom is -0.504 e. The van der Waals surface area contributed by atoms with Crippen LogP contribution in [0.5, 0.6) is 28.7 Å². The van der Waals surface area contributed by atoms with E-state index in [4.69, 9.17) is 28.4 Å². The summed E-state index contributed by atoms with van der Waals surface area (Å²) in [6, 6.07) is 8.19. The molecule has 0 bridgehead atoms. The summed E-state index contributed by atoms with van der Waals surface area (Å²) in [6.07, 6.45) is 0.0625. The lowest BCUT2D eigenvalue weighted by molar-refractivity contribution is -0.168. The number of Topliss-reactive ketones (excluding diaryl/α,β-unsaturated/α-hetero) is 1. The highest BCUT2D eigenvalue weighted by molar-refractivity contribution is 6.04. The van der Waals surface area contributed by atoms with Gasteiger partial charge in [-0.2, -0.15) is 0 Å². The van der Waals surface area contributed by atoms with Crippen LogP contribution in [0.1, 0.15) is 15.9 Å². The van der Waals surface area contributed by atoms with Crippen LogP contribution in [0.15, 0.2) is 30.3 Å². The molecule has 0 saturated carbocycles. The molecule has 0 unspecified atom stereocenters. The van der Waals surface area contributed by atoms with Crippen molar-refractivity contribution in [1.29, 1.82) is 0 Å². The van der Waals surface area contributed by atoms with E-state index >= 15 is 0 Å². The quantitative estimate of drug-likeness (QED) is 0.476. The largest absolute Gasteiger partial charge is 0.504 e. The Hall–Kier alpha value is -2.97. The first-order valence-electron chi connectivity index (χ1n) is 8.71. The van der Waals surface area contributed by atoms with Crippen molar-refractivity contribution in [2.24, 2.45) is 0 Å². The van der Waals surface area contributed by atoms with Crippen LogP contribution >= 0.6 is 0 Å². The van der Waals surface area contributed by atoms with Gasteiger partial charge in [0, 0.05) is 20.6 Å². The van der Waals surface area contributed by atoms with E-state index in [2.05, 4.69) is 0 Å². The minimum absolute atomic E-state index is 0.0215. The van der Waals surface area contributed by atoms with Crippen molar-refractivity contribution in [3.05, 3.63) is 41.5 Å². The summed E-state index contributed by atoms with van der Waals surface area (Å²) in [5.74, 6) is -1.21. The fraction of sp³-hybridized carbons (Fsp3) is 0.381. The molecule has 0 saturated heterocycles. The van der Waals surface area contributed by atoms with Crippen LogP contribution in [0.3, 0.4) is 0 Å². The lowest BCUT2D eigenvalue weighted by Crippen LogP contribution is -2.45. The molecule has 2 aromatic rings. The zero-order chi connectivity index (χ0) is 21.6. The predicted molar refractivity (Wildman–Crippen MR) is 106 cm³/mol. The number of ether oxygens (including phenoxy) is 6. The number of ketones is 1. The van der Waals surface area contributed by atoms with Gasteiger partial charge in [-0.3, -0.25) is 4.79 Å². The maximum atomic E-state index is 13.3. The van der Waals surface area contributed by atoms with Crippen LogP contribution in [-0.2, 0) is 15.9 Å². The predicted octanol–water partition coefficient (Wildman–Crippen LogP) is 2.84. The topological polar surface area (TPSA) is 92.7 Å². The molecular weight excluding hydrogens is 380 g/mol. The Morgan fingerprint density at radius 1 is 0.828 bits per heavy atom. The number of benzene rings is 2. The van der Waals surface area contributed by atoms with Crippen molar-refractivity contribution in [1.82, 2.24) is 0 Å². The molecule has 0 atom stereocenters. The Balaban J connectivity index is 2.49. The third-order valence-corrected chi connectivity index (χ3v) is 4.65. The number of phenols is 1. The molecule has 158 valence electrons. The fourth-order valence-electron chi connectivity index (χ4n) is 3.05. The fourth-order valence-corrected chi connectivity index (χ4v) is 3.05. The van der Waals surface area contributed by atoms with Crippen molar-refractivity contribution in [2.75, 3.05) is 42.7 Å². The summed E-state index contributed by atoms with van der Waals surface area (Å²) in [5.41, 5.74) is 0.687. The van der Waals surface area contributed by atoms with E-state index in [9.17, 15) is 9.90 Å². The summed E-state index contributed by atoms with van der Waals surface area (Å²) >= 11 is 0. The van der Waals surface area contributed by atoms with Gasteiger partial charge in [-0.25, -0.2) is 0 Å². The number of phenolic OH excluding ortho intramolecular Hbond substituents is 1. The third kappa shape index (κ3) is 4.23. The second-order valence-corrected chi connectivity index (χ2v) is 6.05. The van der Waals surface area contributed by atoms with E-state index in [1.807, 2.05) is 0 Å². The second kappa shape index (κ2) is 9.49. The summed E-state index contributed by atoms with van der Waals surface area (Å²) in [4.78, 5) is 13.3. The minimum atomic E-state index is -1.68. The lowest BCUT2D eigenvalue weighted by atomic mass is 9.95. The molecule has 8 heteroatoms. The normalized spacial score (nSPS) is 11.1. The lowest BCUT2D eigenvalue weighted by Gasteiger charge is -2.30.